The minimum Gasteiger partial charge on any atom is -0.475 e. The first kappa shape index (κ1) is 25.3. The molecular formula is C21H22Cl2F3N3O4. The average molecular weight is 508 g/mol. The number of aliphatic carboxylic acids is 1. The van der Waals surface area contributed by atoms with Gasteiger partial charge in [0.25, 0.3) is 5.91 Å². The second-order valence-electron chi connectivity index (χ2n) is 7.80. The van der Waals surface area contributed by atoms with Crippen LogP contribution in [0.3, 0.4) is 0 Å². The van der Waals surface area contributed by atoms with E-state index in [-0.39, 0.29) is 11.9 Å². The monoisotopic (exact) mass is 507 g/mol. The van der Waals surface area contributed by atoms with Gasteiger partial charge in [-0.2, -0.15) is 13.2 Å². The number of carboxylic acids is 1. The predicted molar refractivity (Wildman–Crippen MR) is 114 cm³/mol. The van der Waals surface area contributed by atoms with Crippen LogP contribution >= 0.6 is 23.2 Å². The first-order valence-corrected chi connectivity index (χ1v) is 11.0. The minimum absolute atomic E-state index is 0.105. The van der Waals surface area contributed by atoms with E-state index >= 15 is 0 Å². The molecule has 0 unspecified atom stereocenters. The van der Waals surface area contributed by atoms with E-state index in [2.05, 4.69) is 10.3 Å². The van der Waals surface area contributed by atoms with Crippen LogP contribution in [0.15, 0.2) is 28.8 Å². The number of hydrogen-bond donors (Lipinski definition) is 2. The molecule has 2 aromatic rings. The summed E-state index contributed by atoms with van der Waals surface area (Å²) in [5, 5.41) is 11.5. The molecule has 0 spiro atoms. The molecule has 12 heteroatoms. The summed E-state index contributed by atoms with van der Waals surface area (Å²) in [6.07, 6.45) is 0.502. The topological polar surface area (TPSA) is 95.7 Å². The van der Waals surface area contributed by atoms with E-state index in [0.717, 1.165) is 44.3 Å². The molecule has 0 atom stereocenters. The SMILES string of the molecule is O=C(O)C(F)(F)F.O=C(c1cnc(C2CCNCC2)o1)N(Cc1ccc(Cl)c(Cl)c1)C1CC1. The minimum atomic E-state index is -5.08. The molecule has 1 saturated carbocycles. The van der Waals surface area contributed by atoms with E-state index in [0.29, 0.717) is 34.2 Å². The quantitative estimate of drug-likeness (QED) is 0.598. The molecule has 180 valence electrons. The van der Waals surface area contributed by atoms with Crippen LogP contribution in [0, 0.1) is 0 Å². The van der Waals surface area contributed by atoms with Crippen LogP contribution in [0.25, 0.3) is 0 Å². The Morgan fingerprint density at radius 1 is 1.15 bits per heavy atom. The van der Waals surface area contributed by atoms with Crippen LogP contribution in [0.5, 0.6) is 0 Å². The number of aromatic nitrogens is 1. The van der Waals surface area contributed by atoms with Crippen molar-refractivity contribution < 1.29 is 32.3 Å². The molecule has 0 bridgehead atoms. The van der Waals surface area contributed by atoms with Gasteiger partial charge < -0.3 is 19.7 Å². The highest BCUT2D eigenvalue weighted by Gasteiger charge is 2.38. The number of alkyl halides is 3. The van der Waals surface area contributed by atoms with Gasteiger partial charge in [0.2, 0.25) is 5.76 Å². The van der Waals surface area contributed by atoms with Crippen molar-refractivity contribution in [3.8, 4) is 0 Å². The number of carboxylic acid groups (broad SMARTS) is 1. The van der Waals surface area contributed by atoms with E-state index in [1.165, 1.54) is 0 Å². The Morgan fingerprint density at radius 3 is 2.33 bits per heavy atom. The van der Waals surface area contributed by atoms with Crippen molar-refractivity contribution >= 4 is 35.1 Å². The molecule has 2 fully saturated rings. The zero-order valence-corrected chi connectivity index (χ0v) is 18.9. The molecule has 1 aromatic carbocycles. The molecule has 1 amide bonds. The van der Waals surface area contributed by atoms with Crippen LogP contribution in [0.4, 0.5) is 13.2 Å². The second-order valence-corrected chi connectivity index (χ2v) is 8.62. The van der Waals surface area contributed by atoms with E-state index in [1.807, 2.05) is 17.0 Å². The number of carbonyl (C=O) groups excluding carboxylic acids is 1. The zero-order valence-electron chi connectivity index (χ0n) is 17.4. The van der Waals surface area contributed by atoms with E-state index in [4.69, 9.17) is 37.5 Å². The Kier molecular flexibility index (Phi) is 8.25. The standard InChI is InChI=1S/C19H21Cl2N3O2.C2HF3O2/c20-15-4-1-12(9-16(15)21)11-24(14-2-3-14)19(25)17-10-23-18(26-17)13-5-7-22-8-6-13;3-2(4,5)1(6)7/h1,4,9-10,13-14,22H,2-3,5-8,11H2;(H,6,7). The summed E-state index contributed by atoms with van der Waals surface area (Å²) in [7, 11) is 0. The molecule has 0 radical (unpaired) electrons. The van der Waals surface area contributed by atoms with Gasteiger partial charge in [-0.1, -0.05) is 29.3 Å². The van der Waals surface area contributed by atoms with Crippen molar-refractivity contribution in [1.82, 2.24) is 15.2 Å². The number of amides is 1. The summed E-state index contributed by atoms with van der Waals surface area (Å²) in [6.45, 7) is 2.41. The summed E-state index contributed by atoms with van der Waals surface area (Å²) < 4.78 is 37.6. The summed E-state index contributed by atoms with van der Waals surface area (Å²) in [4.78, 5) is 28.1. The van der Waals surface area contributed by atoms with E-state index in [1.54, 1.807) is 12.3 Å². The van der Waals surface area contributed by atoms with Gasteiger partial charge in [-0.15, -0.1) is 0 Å². The molecule has 1 aliphatic carbocycles. The lowest BCUT2D eigenvalue weighted by Crippen LogP contribution is -2.32. The lowest BCUT2D eigenvalue weighted by molar-refractivity contribution is -0.192. The van der Waals surface area contributed by atoms with Gasteiger partial charge in [-0.25, -0.2) is 9.78 Å². The number of piperidine rings is 1. The number of halogens is 5. The lowest BCUT2D eigenvalue weighted by Gasteiger charge is -2.22. The van der Waals surface area contributed by atoms with Crippen LogP contribution < -0.4 is 5.32 Å². The van der Waals surface area contributed by atoms with Gasteiger partial charge in [-0.3, -0.25) is 4.79 Å². The fraction of sp³-hybridized carbons (Fsp3) is 0.476. The fourth-order valence-corrected chi connectivity index (χ4v) is 3.69. The van der Waals surface area contributed by atoms with Crippen molar-refractivity contribution in [2.45, 2.75) is 50.4 Å². The Bertz CT molecular complexity index is 989. The van der Waals surface area contributed by atoms with Gasteiger partial charge in [0, 0.05) is 18.5 Å². The first-order chi connectivity index (χ1) is 15.6. The molecule has 2 aliphatic rings. The smallest absolute Gasteiger partial charge is 0.475 e. The lowest BCUT2D eigenvalue weighted by atomic mass is 9.98. The van der Waals surface area contributed by atoms with Crippen molar-refractivity contribution in [3.05, 3.63) is 51.7 Å². The molecule has 2 heterocycles. The summed E-state index contributed by atoms with van der Waals surface area (Å²) in [6, 6.07) is 5.73. The Balaban J connectivity index is 0.000000383. The second kappa shape index (κ2) is 10.8. The summed E-state index contributed by atoms with van der Waals surface area (Å²) in [5.74, 6) is -1.56. The highest BCUT2D eigenvalue weighted by molar-refractivity contribution is 6.42. The van der Waals surface area contributed by atoms with Gasteiger partial charge in [0.1, 0.15) is 0 Å². The molecule has 2 N–H and O–H groups in total. The summed E-state index contributed by atoms with van der Waals surface area (Å²) >= 11 is 12.1. The van der Waals surface area contributed by atoms with Gasteiger partial charge >= 0.3 is 12.1 Å². The Hall–Kier alpha value is -2.30. The highest BCUT2D eigenvalue weighted by atomic mass is 35.5. The fourth-order valence-electron chi connectivity index (χ4n) is 3.37. The number of hydrogen-bond acceptors (Lipinski definition) is 5. The van der Waals surface area contributed by atoms with Gasteiger partial charge in [0.05, 0.1) is 16.2 Å². The molecule has 4 rings (SSSR count). The Labute approximate surface area is 197 Å². The third kappa shape index (κ3) is 7.09. The number of rotatable bonds is 5. The molecule has 1 aliphatic heterocycles. The number of oxazole rings is 1. The summed E-state index contributed by atoms with van der Waals surface area (Å²) in [5.41, 5.74) is 0.956. The zero-order chi connectivity index (χ0) is 24.2. The van der Waals surface area contributed by atoms with Crippen LogP contribution in [-0.4, -0.2) is 52.2 Å². The van der Waals surface area contributed by atoms with E-state index in [9.17, 15) is 18.0 Å². The molecule has 7 nitrogen and oxygen atoms in total. The van der Waals surface area contributed by atoms with Crippen molar-refractivity contribution in [3.63, 3.8) is 0 Å². The van der Waals surface area contributed by atoms with Crippen LogP contribution in [0.1, 0.15) is 53.6 Å². The Morgan fingerprint density at radius 2 is 1.79 bits per heavy atom. The number of benzene rings is 1. The third-order valence-electron chi connectivity index (χ3n) is 5.25. The molecular weight excluding hydrogens is 486 g/mol. The maximum atomic E-state index is 13.0. The highest BCUT2D eigenvalue weighted by Crippen LogP contribution is 2.32. The number of nitrogens with one attached hydrogen (secondary N) is 1. The predicted octanol–water partition coefficient (Wildman–Crippen LogP) is 4.89. The van der Waals surface area contributed by atoms with Gasteiger partial charge in [-0.05, 0) is 56.5 Å². The maximum absolute atomic E-state index is 13.0. The first-order valence-electron chi connectivity index (χ1n) is 10.3. The van der Waals surface area contributed by atoms with Crippen LogP contribution in [0.2, 0.25) is 10.0 Å². The average Bonchev–Trinajstić information content (AvgIpc) is 3.49. The van der Waals surface area contributed by atoms with Crippen molar-refractivity contribution in [1.29, 1.82) is 0 Å². The van der Waals surface area contributed by atoms with E-state index < -0.39 is 12.1 Å². The normalized spacial score (nSPS) is 16.6. The molecule has 33 heavy (non-hydrogen) atoms. The largest absolute Gasteiger partial charge is 0.490 e. The van der Waals surface area contributed by atoms with Crippen LogP contribution in [-0.2, 0) is 11.3 Å². The molecule has 1 saturated heterocycles. The van der Waals surface area contributed by atoms with Gasteiger partial charge in [0.15, 0.2) is 5.89 Å². The molecule has 1 aromatic heterocycles. The van der Waals surface area contributed by atoms with Crippen molar-refractivity contribution in [2.24, 2.45) is 0 Å². The number of nitrogens with zero attached hydrogens (tertiary/aromatic N) is 2. The maximum Gasteiger partial charge on any atom is 0.490 e. The van der Waals surface area contributed by atoms with Crippen molar-refractivity contribution in [2.75, 3.05) is 13.1 Å². The third-order valence-corrected chi connectivity index (χ3v) is 5.99. The number of carbonyl (C=O) groups is 2.